The highest BCUT2D eigenvalue weighted by molar-refractivity contribution is 7.46. The molecule has 2 atom stereocenters. The molecule has 2 N–H and O–H groups in total. The lowest BCUT2D eigenvalue weighted by molar-refractivity contribution is -0.870. The Kier molecular flexibility index (Phi) is 8.95. The smallest absolute Gasteiger partial charge is 0.407 e. The van der Waals surface area contributed by atoms with Crippen LogP contribution in [0.25, 0.3) is 11.1 Å². The van der Waals surface area contributed by atoms with Crippen molar-refractivity contribution in [1.29, 1.82) is 0 Å². The Morgan fingerprint density at radius 2 is 1.55 bits per heavy atom. The highest BCUT2D eigenvalue weighted by Gasteiger charge is 2.30. The van der Waals surface area contributed by atoms with Crippen molar-refractivity contribution in [2.24, 2.45) is 0 Å². The maximum absolute atomic E-state index is 12.6. The zero-order valence-corrected chi connectivity index (χ0v) is 23.5. The van der Waals surface area contributed by atoms with E-state index < -0.39 is 25.9 Å². The topological polar surface area (TPSA) is 134 Å². The van der Waals surface area contributed by atoms with Crippen molar-refractivity contribution in [3.8, 4) is 16.9 Å². The molecule has 1 amide bonds. The van der Waals surface area contributed by atoms with Crippen LogP contribution < -0.4 is 14.7 Å². The minimum absolute atomic E-state index is 0.0236. The molecule has 0 saturated carbocycles. The Morgan fingerprint density at radius 3 is 2.10 bits per heavy atom. The Morgan fingerprint density at radius 1 is 0.975 bits per heavy atom. The SMILES string of the molecule is C[N+](C)(C)CCOP(=O)([O-])Oc1ccc(CC(NC(=O)OCC2c3ccccc3-c3ccccc32)C(=O)O)cc1. The number of carbonyl (C=O) groups excluding carboxylic acids is 1. The Bertz CT molecular complexity index is 1360. The number of amides is 1. The van der Waals surface area contributed by atoms with Crippen LogP contribution in [0.5, 0.6) is 5.75 Å². The van der Waals surface area contributed by atoms with Crippen LogP contribution in [0, 0.1) is 0 Å². The van der Waals surface area contributed by atoms with Crippen molar-refractivity contribution in [2.45, 2.75) is 18.4 Å². The van der Waals surface area contributed by atoms with Crippen LogP contribution in [0.15, 0.2) is 72.8 Å². The molecule has 0 bridgehead atoms. The van der Waals surface area contributed by atoms with Gasteiger partial charge in [0.25, 0.3) is 0 Å². The molecule has 1 aliphatic carbocycles. The molecular formula is C29H33N2O8P. The number of fused-ring (bicyclic) bond motifs is 3. The Hall–Kier alpha value is -3.69. The Labute approximate surface area is 233 Å². The van der Waals surface area contributed by atoms with E-state index in [1.54, 1.807) is 0 Å². The fraction of sp³-hybridized carbons (Fsp3) is 0.310. The Balaban J connectivity index is 1.32. The van der Waals surface area contributed by atoms with E-state index in [1.807, 2.05) is 69.7 Å². The summed E-state index contributed by atoms with van der Waals surface area (Å²) in [4.78, 5) is 36.5. The molecule has 0 saturated heterocycles. The van der Waals surface area contributed by atoms with Crippen LogP contribution in [0.3, 0.4) is 0 Å². The first-order valence-electron chi connectivity index (χ1n) is 12.8. The van der Waals surface area contributed by atoms with Crippen molar-refractivity contribution >= 4 is 19.9 Å². The number of ether oxygens (including phenoxy) is 1. The molecule has 11 heteroatoms. The molecule has 4 rings (SSSR count). The highest BCUT2D eigenvalue weighted by atomic mass is 31.2. The third kappa shape index (κ3) is 7.70. The molecular weight excluding hydrogens is 535 g/mol. The minimum Gasteiger partial charge on any atom is -0.746 e. The molecule has 3 aromatic carbocycles. The maximum atomic E-state index is 12.6. The van der Waals surface area contributed by atoms with Crippen LogP contribution in [0.1, 0.15) is 22.6 Å². The lowest BCUT2D eigenvalue weighted by Gasteiger charge is -2.27. The molecule has 0 aromatic heterocycles. The van der Waals surface area contributed by atoms with Crippen LogP contribution in [-0.4, -0.2) is 68.6 Å². The summed E-state index contributed by atoms with van der Waals surface area (Å²) in [5.41, 5.74) is 4.83. The summed E-state index contributed by atoms with van der Waals surface area (Å²) >= 11 is 0. The second-order valence-electron chi connectivity index (χ2n) is 10.6. The van der Waals surface area contributed by atoms with Crippen molar-refractivity contribution in [2.75, 3.05) is 40.9 Å². The maximum Gasteiger partial charge on any atom is 0.407 e. The molecule has 2 unspecified atom stereocenters. The number of carboxylic acid groups (broad SMARTS) is 1. The number of likely N-dealkylation sites (N-methyl/N-ethyl adjacent to an activating group) is 1. The molecule has 0 spiro atoms. The zero-order chi connectivity index (χ0) is 28.9. The summed E-state index contributed by atoms with van der Waals surface area (Å²) in [5, 5.41) is 12.1. The molecule has 0 radical (unpaired) electrons. The number of quaternary nitrogens is 1. The third-order valence-corrected chi connectivity index (χ3v) is 7.46. The van der Waals surface area contributed by atoms with E-state index in [2.05, 4.69) is 5.32 Å². The molecule has 10 nitrogen and oxygen atoms in total. The zero-order valence-electron chi connectivity index (χ0n) is 22.6. The number of hydrogen-bond donors (Lipinski definition) is 2. The number of rotatable bonds is 12. The predicted octanol–water partition coefficient (Wildman–Crippen LogP) is 3.79. The lowest BCUT2D eigenvalue weighted by atomic mass is 9.98. The number of phosphoric acid groups is 1. The number of carbonyl (C=O) groups is 2. The van der Waals surface area contributed by atoms with Crippen molar-refractivity contribution in [1.82, 2.24) is 5.32 Å². The normalized spacial score (nSPS) is 14.9. The molecule has 0 aliphatic heterocycles. The van der Waals surface area contributed by atoms with Gasteiger partial charge < -0.3 is 33.6 Å². The van der Waals surface area contributed by atoms with E-state index in [-0.39, 0.29) is 31.3 Å². The van der Waals surface area contributed by atoms with E-state index in [1.165, 1.54) is 24.3 Å². The average Bonchev–Trinajstić information content (AvgIpc) is 3.20. The van der Waals surface area contributed by atoms with Crippen LogP contribution in [0.2, 0.25) is 0 Å². The first-order chi connectivity index (χ1) is 18.9. The van der Waals surface area contributed by atoms with Gasteiger partial charge >= 0.3 is 19.9 Å². The fourth-order valence-electron chi connectivity index (χ4n) is 4.49. The molecule has 3 aromatic rings. The van der Waals surface area contributed by atoms with Gasteiger partial charge in [-0.3, -0.25) is 4.57 Å². The van der Waals surface area contributed by atoms with Crippen molar-refractivity contribution < 1.29 is 42.4 Å². The van der Waals surface area contributed by atoms with Gasteiger partial charge in [-0.25, -0.2) is 9.59 Å². The van der Waals surface area contributed by atoms with E-state index in [4.69, 9.17) is 13.8 Å². The largest absolute Gasteiger partial charge is 0.746 e. The van der Waals surface area contributed by atoms with Gasteiger partial charge in [0, 0.05) is 12.3 Å². The second kappa shape index (κ2) is 12.2. The number of nitrogens with zero attached hydrogens (tertiary/aromatic N) is 1. The number of aliphatic carboxylic acids is 1. The number of alkyl carbamates (subject to hydrolysis) is 1. The monoisotopic (exact) mass is 568 g/mol. The fourth-order valence-corrected chi connectivity index (χ4v) is 5.22. The molecule has 0 heterocycles. The second-order valence-corrected chi connectivity index (χ2v) is 11.9. The predicted molar refractivity (Wildman–Crippen MR) is 147 cm³/mol. The minimum atomic E-state index is -4.56. The average molecular weight is 569 g/mol. The summed E-state index contributed by atoms with van der Waals surface area (Å²) < 4.78 is 28.0. The van der Waals surface area contributed by atoms with Gasteiger partial charge in [-0.1, -0.05) is 60.7 Å². The first kappa shape index (κ1) is 29.3. The van der Waals surface area contributed by atoms with Gasteiger partial charge in [-0.2, -0.15) is 0 Å². The van der Waals surface area contributed by atoms with E-state index >= 15 is 0 Å². The van der Waals surface area contributed by atoms with Crippen LogP contribution in [-0.2, 0) is 25.0 Å². The number of hydrogen-bond acceptors (Lipinski definition) is 7. The number of benzene rings is 3. The van der Waals surface area contributed by atoms with Gasteiger partial charge in [-0.05, 0) is 39.9 Å². The third-order valence-electron chi connectivity index (χ3n) is 6.53. The van der Waals surface area contributed by atoms with Crippen LogP contribution in [0.4, 0.5) is 4.79 Å². The van der Waals surface area contributed by atoms with Crippen LogP contribution >= 0.6 is 7.82 Å². The summed E-state index contributed by atoms with van der Waals surface area (Å²) in [6, 6.07) is 20.4. The number of carboxylic acids is 1. The number of phosphoric ester groups is 1. The van der Waals surface area contributed by atoms with Gasteiger partial charge in [0.05, 0.1) is 21.1 Å². The number of nitrogens with one attached hydrogen (secondary N) is 1. The summed E-state index contributed by atoms with van der Waals surface area (Å²) in [6.07, 6.45) is -0.887. The van der Waals surface area contributed by atoms with Gasteiger partial charge in [0.2, 0.25) is 0 Å². The van der Waals surface area contributed by atoms with Gasteiger partial charge in [0.1, 0.15) is 31.5 Å². The summed E-state index contributed by atoms with van der Waals surface area (Å²) in [7, 11) is 1.16. The van der Waals surface area contributed by atoms with Gasteiger partial charge in [0.15, 0.2) is 0 Å². The van der Waals surface area contributed by atoms with E-state index in [0.717, 1.165) is 22.3 Å². The summed E-state index contributed by atoms with van der Waals surface area (Å²) in [6.45, 7) is 0.510. The van der Waals surface area contributed by atoms with Gasteiger partial charge in [-0.15, -0.1) is 0 Å². The highest BCUT2D eigenvalue weighted by Crippen LogP contribution is 2.44. The first-order valence-corrected chi connectivity index (χ1v) is 14.3. The lowest BCUT2D eigenvalue weighted by Crippen LogP contribution is -2.42. The summed E-state index contributed by atoms with van der Waals surface area (Å²) in [5.74, 6) is -1.35. The molecule has 40 heavy (non-hydrogen) atoms. The van der Waals surface area contributed by atoms with E-state index in [0.29, 0.717) is 16.6 Å². The molecule has 212 valence electrons. The quantitative estimate of drug-likeness (QED) is 0.249. The molecule has 1 aliphatic rings. The van der Waals surface area contributed by atoms with E-state index in [9.17, 15) is 24.2 Å². The molecule has 0 fully saturated rings. The van der Waals surface area contributed by atoms with Crippen molar-refractivity contribution in [3.63, 3.8) is 0 Å². The van der Waals surface area contributed by atoms with Crippen molar-refractivity contribution in [3.05, 3.63) is 89.5 Å². The standard InChI is InChI=1S/C29H33N2O8P/c1-31(2,3)16-17-38-40(35,36)39-21-14-12-20(13-15-21)18-27(28(32)33)30-29(34)37-19-26-24-10-6-4-8-22(24)23-9-5-7-11-25(23)26/h4-15,26-27H,16-19H2,1-3H3,(H2-,30,32,33,34,35,36).